The van der Waals surface area contributed by atoms with Gasteiger partial charge in [0.25, 0.3) is 0 Å². The van der Waals surface area contributed by atoms with Crippen LogP contribution in [0.1, 0.15) is 5.56 Å². The topological polar surface area (TPSA) is 12.4 Å². The molecule has 0 spiro atoms. The van der Waals surface area contributed by atoms with Crippen LogP contribution in [0.2, 0.25) is 5.02 Å². The first-order valence-electron chi connectivity index (χ1n) is 7.02. The van der Waals surface area contributed by atoms with E-state index in [1.165, 1.54) is 12.1 Å². The average molecular weight is 342 g/mol. The van der Waals surface area contributed by atoms with Crippen molar-refractivity contribution in [3.63, 3.8) is 0 Å². The van der Waals surface area contributed by atoms with E-state index in [4.69, 9.17) is 11.6 Å². The predicted octanol–water partition coefficient (Wildman–Crippen LogP) is 6.38. The van der Waals surface area contributed by atoms with Crippen LogP contribution in [0.3, 0.4) is 0 Å². The van der Waals surface area contributed by atoms with Crippen LogP contribution in [0.15, 0.2) is 87.6 Å². The first kappa shape index (κ1) is 15.8. The number of hydrogen-bond donors (Lipinski definition) is 0. The molecule has 23 heavy (non-hydrogen) atoms. The highest BCUT2D eigenvalue weighted by Crippen LogP contribution is 2.28. The first-order valence-corrected chi connectivity index (χ1v) is 8.22. The fourth-order valence-electron chi connectivity index (χ4n) is 1.94. The Morgan fingerprint density at radius 2 is 1.35 bits per heavy atom. The minimum absolute atomic E-state index is 0.257. The van der Waals surface area contributed by atoms with E-state index in [1.807, 2.05) is 48.5 Å². The van der Waals surface area contributed by atoms with Crippen molar-refractivity contribution >= 4 is 35.3 Å². The molecule has 0 saturated carbocycles. The van der Waals surface area contributed by atoms with Gasteiger partial charge in [-0.05, 0) is 66.2 Å². The molecule has 0 aromatic heterocycles. The maximum Gasteiger partial charge on any atom is 0.123 e. The Kier molecular flexibility index (Phi) is 5.11. The zero-order chi connectivity index (χ0) is 16.1. The van der Waals surface area contributed by atoms with Crippen LogP contribution in [0.4, 0.5) is 10.1 Å². The van der Waals surface area contributed by atoms with Gasteiger partial charge in [0.15, 0.2) is 0 Å². The lowest BCUT2D eigenvalue weighted by atomic mass is 10.2. The summed E-state index contributed by atoms with van der Waals surface area (Å²) < 4.78 is 12.8. The average Bonchev–Trinajstić information content (AvgIpc) is 2.58. The number of benzene rings is 3. The molecule has 0 N–H and O–H groups in total. The maximum atomic E-state index is 12.8. The summed E-state index contributed by atoms with van der Waals surface area (Å²) >= 11 is 7.56. The molecule has 0 fully saturated rings. The molecule has 1 nitrogen and oxygen atoms in total. The molecule has 0 aliphatic heterocycles. The molecule has 0 aliphatic rings. The molecule has 0 unspecified atom stereocenters. The van der Waals surface area contributed by atoms with Crippen molar-refractivity contribution in [2.24, 2.45) is 4.99 Å². The van der Waals surface area contributed by atoms with Crippen molar-refractivity contribution in [1.29, 1.82) is 0 Å². The fourth-order valence-corrected chi connectivity index (χ4v) is 2.88. The minimum Gasteiger partial charge on any atom is -0.256 e. The van der Waals surface area contributed by atoms with Crippen LogP contribution < -0.4 is 0 Å². The molecule has 0 heterocycles. The lowest BCUT2D eigenvalue weighted by Crippen LogP contribution is -1.81. The van der Waals surface area contributed by atoms with Crippen molar-refractivity contribution in [2.45, 2.75) is 9.79 Å². The van der Waals surface area contributed by atoms with Gasteiger partial charge in [-0.25, -0.2) is 4.39 Å². The van der Waals surface area contributed by atoms with Crippen molar-refractivity contribution in [3.8, 4) is 0 Å². The predicted molar refractivity (Wildman–Crippen MR) is 95.7 cm³/mol. The van der Waals surface area contributed by atoms with E-state index in [0.717, 1.165) is 26.1 Å². The largest absolute Gasteiger partial charge is 0.256 e. The maximum absolute atomic E-state index is 12.8. The van der Waals surface area contributed by atoms with Gasteiger partial charge in [-0.2, -0.15) is 0 Å². The van der Waals surface area contributed by atoms with Crippen LogP contribution >= 0.6 is 23.4 Å². The number of nitrogens with zero attached hydrogens (tertiary/aromatic N) is 1. The van der Waals surface area contributed by atoms with Gasteiger partial charge in [0.1, 0.15) is 5.82 Å². The van der Waals surface area contributed by atoms with Gasteiger partial charge in [0, 0.05) is 21.0 Å². The van der Waals surface area contributed by atoms with Gasteiger partial charge in [-0.15, -0.1) is 0 Å². The van der Waals surface area contributed by atoms with Gasteiger partial charge >= 0.3 is 0 Å². The Hall–Kier alpha value is -2.10. The molecule has 3 aromatic rings. The third kappa shape index (κ3) is 4.68. The van der Waals surface area contributed by atoms with Gasteiger partial charge in [0.2, 0.25) is 0 Å². The van der Waals surface area contributed by atoms with Crippen LogP contribution in [0.5, 0.6) is 0 Å². The zero-order valence-electron chi connectivity index (χ0n) is 12.1. The number of halogens is 2. The first-order chi connectivity index (χ1) is 11.2. The Morgan fingerprint density at radius 3 is 1.96 bits per heavy atom. The number of hydrogen-bond acceptors (Lipinski definition) is 2. The standard InChI is InChI=1S/C19H13ClFNS/c20-15-3-11-19(12-4-15)23-18-9-1-14(2-10-18)13-22-17-7-5-16(21)6-8-17/h1-13H. The molecule has 0 amide bonds. The smallest absolute Gasteiger partial charge is 0.123 e. The van der Waals surface area contributed by atoms with Crippen molar-refractivity contribution in [2.75, 3.05) is 0 Å². The van der Waals surface area contributed by atoms with Crippen LogP contribution in [-0.2, 0) is 0 Å². The summed E-state index contributed by atoms with van der Waals surface area (Å²) in [4.78, 5) is 6.61. The number of aliphatic imine (C=N–C) groups is 1. The highest BCUT2D eigenvalue weighted by molar-refractivity contribution is 7.99. The molecule has 3 aromatic carbocycles. The Balaban J connectivity index is 1.67. The van der Waals surface area contributed by atoms with Crippen molar-refractivity contribution in [1.82, 2.24) is 0 Å². The normalized spacial score (nSPS) is 11.0. The molecular weight excluding hydrogens is 329 g/mol. The van der Waals surface area contributed by atoms with Gasteiger partial charge in [-0.3, -0.25) is 4.99 Å². The quantitative estimate of drug-likeness (QED) is 0.501. The second kappa shape index (κ2) is 7.44. The molecule has 0 bridgehead atoms. The second-order valence-electron chi connectivity index (χ2n) is 4.86. The second-order valence-corrected chi connectivity index (χ2v) is 6.44. The third-order valence-corrected chi connectivity index (χ3v) is 4.39. The molecular formula is C19H13ClFNS. The molecule has 0 saturated heterocycles. The Bertz CT molecular complexity index is 796. The van der Waals surface area contributed by atoms with Gasteiger partial charge < -0.3 is 0 Å². The summed E-state index contributed by atoms with van der Waals surface area (Å²) in [5.41, 5.74) is 1.72. The molecule has 3 rings (SSSR count). The number of rotatable bonds is 4. The summed E-state index contributed by atoms with van der Waals surface area (Å²) in [5, 5.41) is 0.738. The molecule has 0 atom stereocenters. The monoisotopic (exact) mass is 341 g/mol. The molecule has 0 aliphatic carbocycles. The van der Waals surface area contributed by atoms with Crippen molar-refractivity contribution in [3.05, 3.63) is 89.2 Å². The molecule has 114 valence electrons. The fraction of sp³-hybridized carbons (Fsp3) is 0. The third-order valence-electron chi connectivity index (χ3n) is 3.12. The zero-order valence-corrected chi connectivity index (χ0v) is 13.7. The van der Waals surface area contributed by atoms with Crippen molar-refractivity contribution < 1.29 is 4.39 Å². The molecule has 0 radical (unpaired) electrons. The summed E-state index contributed by atoms with van der Waals surface area (Å²) in [6.07, 6.45) is 1.77. The lowest BCUT2D eigenvalue weighted by Gasteiger charge is -2.02. The summed E-state index contributed by atoms with van der Waals surface area (Å²) in [7, 11) is 0. The van der Waals surface area contributed by atoms with E-state index in [-0.39, 0.29) is 5.82 Å². The van der Waals surface area contributed by atoms with E-state index in [2.05, 4.69) is 4.99 Å². The van der Waals surface area contributed by atoms with Crippen LogP contribution in [-0.4, -0.2) is 6.21 Å². The summed E-state index contributed by atoms with van der Waals surface area (Å²) in [5.74, 6) is -0.257. The Labute approximate surface area is 143 Å². The SMILES string of the molecule is Fc1ccc(N=Cc2ccc(Sc3ccc(Cl)cc3)cc2)cc1. The highest BCUT2D eigenvalue weighted by Gasteiger charge is 1.98. The molecule has 4 heteroatoms. The van der Waals surface area contributed by atoms with E-state index >= 15 is 0 Å². The minimum atomic E-state index is -0.257. The van der Waals surface area contributed by atoms with Crippen LogP contribution in [0.25, 0.3) is 0 Å². The van der Waals surface area contributed by atoms with E-state index < -0.39 is 0 Å². The van der Waals surface area contributed by atoms with Gasteiger partial charge in [-0.1, -0.05) is 35.5 Å². The van der Waals surface area contributed by atoms with E-state index in [9.17, 15) is 4.39 Å². The van der Waals surface area contributed by atoms with Gasteiger partial charge in [0.05, 0.1) is 5.69 Å². The van der Waals surface area contributed by atoms with E-state index in [0.29, 0.717) is 0 Å². The Morgan fingerprint density at radius 1 is 0.783 bits per heavy atom. The highest BCUT2D eigenvalue weighted by atomic mass is 35.5. The lowest BCUT2D eigenvalue weighted by molar-refractivity contribution is 0.628. The van der Waals surface area contributed by atoms with Crippen LogP contribution in [0, 0.1) is 5.82 Å². The summed E-state index contributed by atoms with van der Waals surface area (Å²) in [6.45, 7) is 0. The summed E-state index contributed by atoms with van der Waals surface area (Å²) in [6, 6.07) is 22.0. The van der Waals surface area contributed by atoms with E-state index in [1.54, 1.807) is 30.1 Å².